The minimum absolute atomic E-state index is 0.0563. The lowest BCUT2D eigenvalue weighted by atomic mass is 10.0. The summed E-state index contributed by atoms with van der Waals surface area (Å²) in [7, 11) is 0. The lowest BCUT2D eigenvalue weighted by Crippen LogP contribution is -2.17. The number of alkyl halides is 3. The van der Waals surface area contributed by atoms with Crippen molar-refractivity contribution in [2.75, 3.05) is 5.32 Å². The summed E-state index contributed by atoms with van der Waals surface area (Å²) in [4.78, 5) is 36.7. The molecular formula is C24H16F3N5O2. The van der Waals surface area contributed by atoms with E-state index in [1.165, 1.54) is 30.7 Å². The zero-order valence-corrected chi connectivity index (χ0v) is 17.4. The zero-order valence-electron chi connectivity index (χ0n) is 17.4. The average Bonchev–Trinajstić information content (AvgIpc) is 2.84. The number of halogens is 3. The van der Waals surface area contributed by atoms with Crippen LogP contribution >= 0.6 is 0 Å². The Morgan fingerprint density at radius 2 is 1.56 bits per heavy atom. The van der Waals surface area contributed by atoms with Crippen LogP contribution in [0.2, 0.25) is 0 Å². The quantitative estimate of drug-likeness (QED) is 0.450. The number of benzene rings is 2. The Morgan fingerprint density at radius 1 is 0.853 bits per heavy atom. The van der Waals surface area contributed by atoms with Gasteiger partial charge in [-0.2, -0.15) is 13.2 Å². The summed E-state index contributed by atoms with van der Waals surface area (Å²) in [6.07, 6.45) is -0.780. The molecular weight excluding hydrogens is 447 g/mol. The van der Waals surface area contributed by atoms with Gasteiger partial charge in [-0.3, -0.25) is 14.6 Å². The van der Waals surface area contributed by atoms with Gasteiger partial charge in [0.15, 0.2) is 5.82 Å². The Labute approximate surface area is 191 Å². The fourth-order valence-electron chi connectivity index (χ4n) is 3.27. The van der Waals surface area contributed by atoms with Crippen LogP contribution in [0.3, 0.4) is 0 Å². The molecule has 10 heteroatoms. The first-order chi connectivity index (χ1) is 16.2. The van der Waals surface area contributed by atoms with Crippen molar-refractivity contribution < 1.29 is 22.8 Å². The van der Waals surface area contributed by atoms with Crippen LogP contribution in [0.25, 0.3) is 22.6 Å². The van der Waals surface area contributed by atoms with Crippen LogP contribution in [0.15, 0.2) is 79.3 Å². The summed E-state index contributed by atoms with van der Waals surface area (Å²) in [5.74, 6) is -1.64. The maximum atomic E-state index is 13.6. The molecule has 0 aliphatic carbocycles. The molecule has 0 bridgehead atoms. The standard InChI is InChI=1S/C24H16F3N5O2/c25-24(26,27)18-8-7-15(11-17(18)22-29-9-4-10-30-22)23(34)32-19-12-16(21(28)33)13-31-20(19)14-5-2-1-3-6-14/h1-13H,(H2,28,33)(H,32,34). The monoisotopic (exact) mass is 463 g/mol. The summed E-state index contributed by atoms with van der Waals surface area (Å²) in [6.45, 7) is 0. The third-order valence-corrected chi connectivity index (χ3v) is 4.86. The fourth-order valence-corrected chi connectivity index (χ4v) is 3.27. The van der Waals surface area contributed by atoms with Crippen LogP contribution in [0, 0.1) is 0 Å². The molecule has 2 heterocycles. The topological polar surface area (TPSA) is 111 Å². The lowest BCUT2D eigenvalue weighted by molar-refractivity contribution is -0.137. The van der Waals surface area contributed by atoms with Crippen molar-refractivity contribution >= 4 is 17.5 Å². The van der Waals surface area contributed by atoms with Gasteiger partial charge in [-0.1, -0.05) is 30.3 Å². The molecule has 34 heavy (non-hydrogen) atoms. The second-order valence-electron chi connectivity index (χ2n) is 7.14. The van der Waals surface area contributed by atoms with E-state index in [1.807, 2.05) is 0 Å². The summed E-state index contributed by atoms with van der Waals surface area (Å²) in [6, 6.07) is 14.6. The Hall–Kier alpha value is -4.60. The van der Waals surface area contributed by atoms with Crippen LogP contribution < -0.4 is 11.1 Å². The lowest BCUT2D eigenvalue weighted by Gasteiger charge is -2.15. The number of carbonyl (C=O) groups is 2. The third-order valence-electron chi connectivity index (χ3n) is 4.86. The summed E-state index contributed by atoms with van der Waals surface area (Å²) in [5, 5.41) is 2.63. The predicted octanol–water partition coefficient (Wildman–Crippen LogP) is 4.58. The average molecular weight is 463 g/mol. The molecule has 0 aliphatic heterocycles. The number of nitrogens with zero attached hydrogens (tertiary/aromatic N) is 3. The number of anilines is 1. The maximum absolute atomic E-state index is 13.6. The molecule has 2 aromatic heterocycles. The van der Waals surface area contributed by atoms with Crippen molar-refractivity contribution in [3.63, 3.8) is 0 Å². The molecule has 0 aliphatic rings. The molecule has 0 spiro atoms. The number of carbonyl (C=O) groups excluding carboxylic acids is 2. The van der Waals surface area contributed by atoms with E-state index in [0.29, 0.717) is 11.3 Å². The van der Waals surface area contributed by atoms with Gasteiger partial charge in [0.05, 0.1) is 22.5 Å². The van der Waals surface area contributed by atoms with Crippen LogP contribution in [-0.4, -0.2) is 26.8 Å². The molecule has 2 amide bonds. The van der Waals surface area contributed by atoms with Gasteiger partial charge in [0.1, 0.15) is 0 Å². The van der Waals surface area contributed by atoms with E-state index in [0.717, 1.165) is 18.2 Å². The van der Waals surface area contributed by atoms with Crippen LogP contribution in [-0.2, 0) is 6.18 Å². The van der Waals surface area contributed by atoms with Crippen molar-refractivity contribution in [1.82, 2.24) is 15.0 Å². The highest BCUT2D eigenvalue weighted by atomic mass is 19.4. The van der Waals surface area contributed by atoms with E-state index in [-0.39, 0.29) is 28.2 Å². The zero-order chi connectivity index (χ0) is 24.3. The number of nitrogens with one attached hydrogen (secondary N) is 1. The van der Waals surface area contributed by atoms with E-state index in [2.05, 4.69) is 20.3 Å². The Bertz CT molecular complexity index is 1360. The highest BCUT2D eigenvalue weighted by molar-refractivity contribution is 6.07. The van der Waals surface area contributed by atoms with Crippen molar-refractivity contribution in [3.8, 4) is 22.6 Å². The Morgan fingerprint density at radius 3 is 2.21 bits per heavy atom. The molecule has 4 aromatic rings. The first-order valence-electron chi connectivity index (χ1n) is 9.89. The minimum atomic E-state index is -4.68. The van der Waals surface area contributed by atoms with Gasteiger partial charge in [-0.25, -0.2) is 9.97 Å². The van der Waals surface area contributed by atoms with Crippen LogP contribution in [0.5, 0.6) is 0 Å². The molecule has 0 saturated carbocycles. The predicted molar refractivity (Wildman–Crippen MR) is 119 cm³/mol. The number of hydrogen-bond acceptors (Lipinski definition) is 5. The van der Waals surface area contributed by atoms with E-state index in [4.69, 9.17) is 5.73 Å². The Balaban J connectivity index is 1.76. The van der Waals surface area contributed by atoms with E-state index >= 15 is 0 Å². The van der Waals surface area contributed by atoms with Gasteiger partial charge in [0, 0.05) is 35.3 Å². The molecule has 0 unspecified atom stereocenters. The number of nitrogens with two attached hydrogens (primary N) is 1. The number of amides is 2. The molecule has 2 aromatic carbocycles. The summed E-state index contributed by atoms with van der Waals surface area (Å²) >= 11 is 0. The van der Waals surface area contributed by atoms with Gasteiger partial charge >= 0.3 is 6.18 Å². The second kappa shape index (κ2) is 9.10. The highest BCUT2D eigenvalue weighted by Crippen LogP contribution is 2.36. The van der Waals surface area contributed by atoms with Crippen LogP contribution in [0.4, 0.5) is 18.9 Å². The molecule has 0 atom stereocenters. The second-order valence-corrected chi connectivity index (χ2v) is 7.14. The van der Waals surface area contributed by atoms with Crippen molar-refractivity contribution in [2.24, 2.45) is 5.73 Å². The summed E-state index contributed by atoms with van der Waals surface area (Å²) < 4.78 is 40.7. The van der Waals surface area contributed by atoms with E-state index in [1.54, 1.807) is 30.3 Å². The first-order valence-corrected chi connectivity index (χ1v) is 9.89. The summed E-state index contributed by atoms with van der Waals surface area (Å²) in [5.41, 5.74) is 5.20. The van der Waals surface area contributed by atoms with Crippen molar-refractivity contribution in [2.45, 2.75) is 6.18 Å². The molecule has 7 nitrogen and oxygen atoms in total. The largest absolute Gasteiger partial charge is 0.417 e. The number of hydrogen-bond donors (Lipinski definition) is 2. The molecule has 170 valence electrons. The molecule has 0 radical (unpaired) electrons. The molecule has 0 saturated heterocycles. The normalized spacial score (nSPS) is 11.1. The SMILES string of the molecule is NC(=O)c1cnc(-c2ccccc2)c(NC(=O)c2ccc(C(F)(F)F)c(-c3ncccn3)c2)c1. The molecule has 0 fully saturated rings. The van der Waals surface area contributed by atoms with Gasteiger partial charge in [-0.15, -0.1) is 0 Å². The number of aromatic nitrogens is 3. The molecule has 3 N–H and O–H groups in total. The third kappa shape index (κ3) is 4.75. The molecule has 4 rings (SSSR count). The minimum Gasteiger partial charge on any atom is -0.366 e. The number of pyridine rings is 1. The van der Waals surface area contributed by atoms with Crippen LogP contribution in [0.1, 0.15) is 26.3 Å². The maximum Gasteiger partial charge on any atom is 0.417 e. The van der Waals surface area contributed by atoms with Crippen molar-refractivity contribution in [1.29, 1.82) is 0 Å². The smallest absolute Gasteiger partial charge is 0.366 e. The number of primary amides is 1. The number of rotatable bonds is 5. The van der Waals surface area contributed by atoms with E-state index < -0.39 is 23.6 Å². The fraction of sp³-hybridized carbons (Fsp3) is 0.0417. The Kier molecular flexibility index (Phi) is 6.05. The van der Waals surface area contributed by atoms with Gasteiger partial charge in [-0.05, 0) is 30.3 Å². The van der Waals surface area contributed by atoms with Crippen molar-refractivity contribution in [3.05, 3.63) is 95.9 Å². The first kappa shape index (κ1) is 22.6. The van der Waals surface area contributed by atoms with Gasteiger partial charge < -0.3 is 11.1 Å². The van der Waals surface area contributed by atoms with Gasteiger partial charge in [0.2, 0.25) is 5.91 Å². The van der Waals surface area contributed by atoms with Gasteiger partial charge in [0.25, 0.3) is 5.91 Å². The highest BCUT2D eigenvalue weighted by Gasteiger charge is 2.34. The van der Waals surface area contributed by atoms with E-state index in [9.17, 15) is 22.8 Å².